The molecule has 1 aliphatic rings. The lowest BCUT2D eigenvalue weighted by atomic mass is 10.0. The van der Waals surface area contributed by atoms with Gasteiger partial charge in [-0.2, -0.15) is 0 Å². The van der Waals surface area contributed by atoms with Crippen molar-refractivity contribution in [3.63, 3.8) is 0 Å². The van der Waals surface area contributed by atoms with E-state index in [2.05, 4.69) is 10.3 Å². The van der Waals surface area contributed by atoms with Crippen molar-refractivity contribution in [2.75, 3.05) is 7.05 Å². The fourth-order valence-corrected chi connectivity index (χ4v) is 3.77. The lowest BCUT2D eigenvalue weighted by Crippen LogP contribution is -2.24. The van der Waals surface area contributed by atoms with E-state index in [1.54, 1.807) is 18.3 Å². The lowest BCUT2D eigenvalue weighted by Gasteiger charge is -2.21. The highest BCUT2D eigenvalue weighted by atomic mass is 35.5. The summed E-state index contributed by atoms with van der Waals surface area (Å²) in [5.74, 6) is 0.149. The number of nitrogens with one attached hydrogen (secondary N) is 1. The third-order valence-corrected chi connectivity index (χ3v) is 5.47. The van der Waals surface area contributed by atoms with Crippen molar-refractivity contribution in [3.8, 4) is 11.3 Å². The Morgan fingerprint density at radius 1 is 1.29 bits per heavy atom. The summed E-state index contributed by atoms with van der Waals surface area (Å²) < 4.78 is 6.09. The van der Waals surface area contributed by atoms with Crippen LogP contribution in [0.3, 0.4) is 0 Å². The van der Waals surface area contributed by atoms with Crippen LogP contribution in [-0.4, -0.2) is 33.1 Å². The molecular weight excluding hydrogens is 398 g/mol. The fraction of sp³-hybridized carbons (Fsp3) is 0.150. The highest BCUT2D eigenvalue weighted by Crippen LogP contribution is 2.40. The number of hydrogen-bond acceptors (Lipinski definition) is 4. The summed E-state index contributed by atoms with van der Waals surface area (Å²) in [6, 6.07) is 13.5. The van der Waals surface area contributed by atoms with Gasteiger partial charge in [0.05, 0.1) is 22.3 Å². The van der Waals surface area contributed by atoms with Gasteiger partial charge in [-0.3, -0.25) is 4.98 Å². The van der Waals surface area contributed by atoms with Crippen molar-refractivity contribution in [1.29, 1.82) is 0 Å². The zero-order valence-electron chi connectivity index (χ0n) is 14.8. The molecule has 0 unspecified atom stereocenters. The number of pyridine rings is 1. The molecule has 6 nitrogen and oxygen atoms in total. The van der Waals surface area contributed by atoms with Crippen LogP contribution in [-0.2, 0) is 0 Å². The Balaban J connectivity index is 1.73. The first-order valence-corrected chi connectivity index (χ1v) is 9.31. The Bertz CT molecular complexity index is 1050. The standard InChI is InChI=1S/C20H16ClN3O3S/c1-24-18(17(23-20(24)28)14-4-2-3-9-22-14)16-8-7-15(27-16)12-10-11(19(25)26)5-6-13(12)21/h2-10,17-18H,1H3,(H,23,28)(H,25,26)/t17-,18+/m1/s1. The number of rotatable bonds is 4. The van der Waals surface area contributed by atoms with Crippen LogP contribution in [0.15, 0.2) is 59.1 Å². The Morgan fingerprint density at radius 2 is 2.11 bits per heavy atom. The molecule has 0 spiro atoms. The first-order chi connectivity index (χ1) is 13.5. The zero-order valence-corrected chi connectivity index (χ0v) is 16.4. The lowest BCUT2D eigenvalue weighted by molar-refractivity contribution is 0.0697. The molecule has 1 saturated heterocycles. The molecule has 1 aromatic carbocycles. The van der Waals surface area contributed by atoms with Crippen LogP contribution in [0.25, 0.3) is 11.3 Å². The van der Waals surface area contributed by atoms with Gasteiger partial charge in [0.15, 0.2) is 5.11 Å². The molecule has 1 aliphatic heterocycles. The maximum absolute atomic E-state index is 11.3. The first kappa shape index (κ1) is 18.5. The van der Waals surface area contributed by atoms with Gasteiger partial charge in [0.2, 0.25) is 0 Å². The molecule has 4 rings (SSSR count). The van der Waals surface area contributed by atoms with E-state index in [0.29, 0.717) is 27.2 Å². The Hall–Kier alpha value is -2.90. The average molecular weight is 414 g/mol. The Morgan fingerprint density at radius 3 is 2.82 bits per heavy atom. The van der Waals surface area contributed by atoms with E-state index in [-0.39, 0.29) is 17.6 Å². The van der Waals surface area contributed by atoms with E-state index in [1.165, 1.54) is 12.1 Å². The van der Waals surface area contributed by atoms with Gasteiger partial charge >= 0.3 is 5.97 Å². The number of thiocarbonyl (C=S) groups is 1. The molecule has 3 aromatic rings. The summed E-state index contributed by atoms with van der Waals surface area (Å²) in [5.41, 5.74) is 1.52. The minimum Gasteiger partial charge on any atom is -0.478 e. The van der Waals surface area contributed by atoms with E-state index in [1.807, 2.05) is 36.2 Å². The molecule has 142 valence electrons. The van der Waals surface area contributed by atoms with E-state index < -0.39 is 5.97 Å². The number of hydrogen-bond donors (Lipinski definition) is 2. The van der Waals surface area contributed by atoms with Gasteiger partial charge in [0.25, 0.3) is 0 Å². The number of carbonyl (C=O) groups is 1. The normalized spacial score (nSPS) is 18.9. The van der Waals surface area contributed by atoms with Crippen molar-refractivity contribution in [2.45, 2.75) is 12.1 Å². The highest BCUT2D eigenvalue weighted by Gasteiger charge is 2.39. The summed E-state index contributed by atoms with van der Waals surface area (Å²) in [5, 5.41) is 13.5. The molecular formula is C20H16ClN3O3S. The minimum absolute atomic E-state index is 0.143. The maximum Gasteiger partial charge on any atom is 0.335 e. The third-order valence-electron chi connectivity index (χ3n) is 4.74. The van der Waals surface area contributed by atoms with Crippen LogP contribution in [0.5, 0.6) is 0 Å². The molecule has 0 bridgehead atoms. The summed E-state index contributed by atoms with van der Waals surface area (Å²) in [6.45, 7) is 0. The fourth-order valence-electron chi connectivity index (χ4n) is 3.32. The summed E-state index contributed by atoms with van der Waals surface area (Å²) in [6.07, 6.45) is 1.74. The van der Waals surface area contributed by atoms with Crippen molar-refractivity contribution in [1.82, 2.24) is 15.2 Å². The molecule has 28 heavy (non-hydrogen) atoms. The first-order valence-electron chi connectivity index (χ1n) is 8.53. The molecule has 8 heteroatoms. The molecule has 0 aliphatic carbocycles. The number of nitrogens with zero attached hydrogens (tertiary/aromatic N) is 2. The average Bonchev–Trinajstić information content (AvgIpc) is 3.28. The molecule has 0 saturated carbocycles. The molecule has 2 N–H and O–H groups in total. The second kappa shape index (κ2) is 7.26. The number of carboxylic acids is 1. The second-order valence-corrected chi connectivity index (χ2v) is 7.23. The minimum atomic E-state index is -1.02. The summed E-state index contributed by atoms with van der Waals surface area (Å²) >= 11 is 11.7. The predicted octanol–water partition coefficient (Wildman–Crippen LogP) is 4.30. The van der Waals surface area contributed by atoms with Crippen LogP contribution in [0.2, 0.25) is 5.02 Å². The smallest absolute Gasteiger partial charge is 0.335 e. The number of aromatic nitrogens is 1. The van der Waals surface area contributed by atoms with Crippen LogP contribution in [0.1, 0.15) is 33.9 Å². The number of likely N-dealkylation sites (N-methyl/N-ethyl adjacent to an activating group) is 1. The van der Waals surface area contributed by atoms with Gasteiger partial charge in [0, 0.05) is 18.8 Å². The molecule has 2 aromatic heterocycles. The van der Waals surface area contributed by atoms with Crippen molar-refractivity contribution in [2.24, 2.45) is 0 Å². The SMILES string of the molecule is CN1C(=S)N[C@H](c2ccccn2)[C@@H]1c1ccc(-c2cc(C(=O)O)ccc2Cl)o1. The third kappa shape index (κ3) is 3.23. The van der Waals surface area contributed by atoms with E-state index >= 15 is 0 Å². The number of halogens is 1. The van der Waals surface area contributed by atoms with E-state index in [9.17, 15) is 9.90 Å². The van der Waals surface area contributed by atoms with Crippen LogP contribution >= 0.6 is 23.8 Å². The van der Waals surface area contributed by atoms with Gasteiger partial charge in [0.1, 0.15) is 17.6 Å². The van der Waals surface area contributed by atoms with Crippen LogP contribution < -0.4 is 5.32 Å². The van der Waals surface area contributed by atoms with Crippen LogP contribution in [0.4, 0.5) is 0 Å². The van der Waals surface area contributed by atoms with Gasteiger partial charge in [-0.15, -0.1) is 0 Å². The molecule has 0 amide bonds. The Kier molecular flexibility index (Phi) is 4.78. The monoisotopic (exact) mass is 413 g/mol. The number of benzene rings is 1. The number of carboxylic acid groups (broad SMARTS) is 1. The molecule has 1 fully saturated rings. The zero-order chi connectivity index (χ0) is 19.8. The van der Waals surface area contributed by atoms with Gasteiger partial charge in [-0.05, 0) is 54.7 Å². The van der Waals surface area contributed by atoms with Crippen LogP contribution in [0, 0.1) is 0 Å². The number of aromatic carboxylic acids is 1. The molecule has 0 radical (unpaired) electrons. The topological polar surface area (TPSA) is 78.6 Å². The Labute approximate surface area is 171 Å². The van der Waals surface area contributed by atoms with Crippen molar-refractivity contribution in [3.05, 3.63) is 76.8 Å². The second-order valence-electron chi connectivity index (χ2n) is 6.44. The largest absolute Gasteiger partial charge is 0.478 e. The van der Waals surface area contributed by atoms with Gasteiger partial charge < -0.3 is 19.7 Å². The van der Waals surface area contributed by atoms with E-state index in [0.717, 1.165) is 5.69 Å². The van der Waals surface area contributed by atoms with Crippen molar-refractivity contribution >= 4 is 34.9 Å². The molecule has 2 atom stereocenters. The summed E-state index contributed by atoms with van der Waals surface area (Å²) in [4.78, 5) is 17.6. The molecule has 3 heterocycles. The van der Waals surface area contributed by atoms with Gasteiger partial charge in [-0.1, -0.05) is 17.7 Å². The predicted molar refractivity (Wildman–Crippen MR) is 109 cm³/mol. The quantitative estimate of drug-likeness (QED) is 0.617. The maximum atomic E-state index is 11.3. The number of furan rings is 1. The summed E-state index contributed by atoms with van der Waals surface area (Å²) in [7, 11) is 1.89. The van der Waals surface area contributed by atoms with E-state index in [4.69, 9.17) is 28.2 Å². The van der Waals surface area contributed by atoms with Gasteiger partial charge in [-0.25, -0.2) is 4.79 Å². The highest BCUT2D eigenvalue weighted by molar-refractivity contribution is 7.80. The van der Waals surface area contributed by atoms with Crippen molar-refractivity contribution < 1.29 is 14.3 Å².